The highest BCUT2D eigenvalue weighted by Crippen LogP contribution is 2.41. The first-order valence-electron chi connectivity index (χ1n) is 4.66. The smallest absolute Gasteiger partial charge is 0.313 e. The van der Waals surface area contributed by atoms with Gasteiger partial charge in [0.15, 0.2) is 0 Å². The third kappa shape index (κ3) is 1.04. The van der Waals surface area contributed by atoms with Crippen LogP contribution in [0.2, 0.25) is 0 Å². The van der Waals surface area contributed by atoms with Gasteiger partial charge in [-0.15, -0.1) is 0 Å². The number of hydrogen-bond acceptors (Lipinski definition) is 3. The van der Waals surface area contributed by atoms with E-state index >= 15 is 0 Å². The minimum atomic E-state index is -0.115. The Morgan fingerprint density at radius 1 is 1.50 bits per heavy atom. The molecule has 0 saturated carbocycles. The van der Waals surface area contributed by atoms with Crippen molar-refractivity contribution in [1.82, 2.24) is 4.90 Å². The lowest BCUT2D eigenvalue weighted by Crippen LogP contribution is -2.31. The van der Waals surface area contributed by atoms with E-state index in [4.69, 9.17) is 4.74 Å². The van der Waals surface area contributed by atoms with Gasteiger partial charge in [-0.3, -0.25) is 4.79 Å². The molecule has 0 aromatic heterocycles. The number of carbonyl (C=O) groups is 1. The van der Waals surface area contributed by atoms with Crippen LogP contribution in [0, 0.1) is 5.41 Å². The molecule has 2 fully saturated rings. The van der Waals surface area contributed by atoms with Gasteiger partial charge in [0.05, 0.1) is 12.0 Å². The van der Waals surface area contributed by atoms with Gasteiger partial charge < -0.3 is 9.64 Å². The molecular weight excluding hydrogens is 154 g/mol. The summed E-state index contributed by atoms with van der Waals surface area (Å²) in [6, 6.07) is 0. The number of fused-ring (bicyclic) bond motifs is 2. The van der Waals surface area contributed by atoms with E-state index in [0.717, 1.165) is 32.5 Å². The molecule has 0 radical (unpaired) electrons. The maximum Gasteiger partial charge on any atom is 0.313 e. The van der Waals surface area contributed by atoms with E-state index in [2.05, 4.69) is 4.90 Å². The first-order chi connectivity index (χ1) is 5.77. The van der Waals surface area contributed by atoms with E-state index in [9.17, 15) is 4.79 Å². The number of rotatable bonds is 2. The number of carbonyl (C=O) groups excluding carboxylic acids is 1. The van der Waals surface area contributed by atoms with Crippen LogP contribution in [-0.2, 0) is 9.53 Å². The molecule has 3 heteroatoms. The van der Waals surface area contributed by atoms with Gasteiger partial charge in [0, 0.05) is 6.54 Å². The van der Waals surface area contributed by atoms with E-state index in [-0.39, 0.29) is 11.4 Å². The van der Waals surface area contributed by atoms with Crippen LogP contribution < -0.4 is 0 Å². The van der Waals surface area contributed by atoms with Crippen LogP contribution in [0.1, 0.15) is 19.8 Å². The highest BCUT2D eigenvalue weighted by atomic mass is 16.5. The molecule has 0 aromatic rings. The second-order valence-electron chi connectivity index (χ2n) is 3.78. The Kier molecular flexibility index (Phi) is 1.83. The summed E-state index contributed by atoms with van der Waals surface area (Å²) in [6.45, 7) is 5.49. The molecule has 2 aliphatic rings. The van der Waals surface area contributed by atoms with Crippen molar-refractivity contribution in [2.24, 2.45) is 5.41 Å². The quantitative estimate of drug-likeness (QED) is 0.568. The van der Waals surface area contributed by atoms with Crippen LogP contribution in [0.25, 0.3) is 0 Å². The molecule has 0 amide bonds. The molecular formula is C9H15NO2. The van der Waals surface area contributed by atoms with E-state index in [0.29, 0.717) is 6.61 Å². The van der Waals surface area contributed by atoms with Crippen LogP contribution in [-0.4, -0.2) is 37.1 Å². The molecule has 2 heterocycles. The maximum atomic E-state index is 11.6. The van der Waals surface area contributed by atoms with Crippen LogP contribution >= 0.6 is 0 Å². The number of ether oxygens (including phenoxy) is 1. The van der Waals surface area contributed by atoms with E-state index in [1.165, 1.54) is 0 Å². The summed E-state index contributed by atoms with van der Waals surface area (Å²) in [5.41, 5.74) is -0.115. The third-order valence-electron chi connectivity index (χ3n) is 3.05. The average Bonchev–Trinajstić information content (AvgIpc) is 2.64. The summed E-state index contributed by atoms with van der Waals surface area (Å²) in [5, 5.41) is 0. The summed E-state index contributed by atoms with van der Waals surface area (Å²) in [4.78, 5) is 13.9. The average molecular weight is 169 g/mol. The molecule has 0 aliphatic carbocycles. The first-order valence-corrected chi connectivity index (χ1v) is 4.66. The molecule has 0 atom stereocenters. The van der Waals surface area contributed by atoms with Crippen LogP contribution in [0.3, 0.4) is 0 Å². The van der Waals surface area contributed by atoms with Gasteiger partial charge in [-0.25, -0.2) is 0 Å². The van der Waals surface area contributed by atoms with Crippen LogP contribution in [0.15, 0.2) is 0 Å². The summed E-state index contributed by atoms with van der Waals surface area (Å²) >= 11 is 0. The summed E-state index contributed by atoms with van der Waals surface area (Å²) < 4.78 is 5.08. The summed E-state index contributed by atoms with van der Waals surface area (Å²) in [5.74, 6) is 0.0324. The Hall–Kier alpha value is -0.570. The van der Waals surface area contributed by atoms with E-state index < -0.39 is 0 Å². The largest absolute Gasteiger partial charge is 0.466 e. The number of esters is 1. The Bertz CT molecular complexity index is 195. The molecule has 68 valence electrons. The fourth-order valence-electron chi connectivity index (χ4n) is 2.28. The number of piperidine rings is 1. The zero-order valence-corrected chi connectivity index (χ0v) is 7.51. The second-order valence-corrected chi connectivity index (χ2v) is 3.78. The number of hydrogen-bond donors (Lipinski definition) is 0. The molecule has 0 aromatic carbocycles. The van der Waals surface area contributed by atoms with Gasteiger partial charge in [-0.2, -0.15) is 0 Å². The summed E-state index contributed by atoms with van der Waals surface area (Å²) in [6.07, 6.45) is 2.01. The second kappa shape index (κ2) is 2.73. The van der Waals surface area contributed by atoms with Crippen LogP contribution in [0.4, 0.5) is 0 Å². The molecule has 0 spiro atoms. The molecule has 0 N–H and O–H groups in total. The van der Waals surface area contributed by atoms with Gasteiger partial charge in [-0.05, 0) is 32.9 Å². The van der Waals surface area contributed by atoms with Gasteiger partial charge in [0.25, 0.3) is 0 Å². The maximum absolute atomic E-state index is 11.6. The molecule has 2 saturated heterocycles. The van der Waals surface area contributed by atoms with Crippen molar-refractivity contribution < 1.29 is 9.53 Å². The highest BCUT2D eigenvalue weighted by molar-refractivity contribution is 5.78. The lowest BCUT2D eigenvalue weighted by atomic mass is 9.85. The Morgan fingerprint density at radius 2 is 2.17 bits per heavy atom. The normalized spacial score (nSPS) is 38.6. The van der Waals surface area contributed by atoms with Crippen molar-refractivity contribution in [1.29, 1.82) is 0 Å². The zero-order valence-electron chi connectivity index (χ0n) is 7.51. The highest BCUT2D eigenvalue weighted by Gasteiger charge is 2.50. The lowest BCUT2D eigenvalue weighted by molar-refractivity contribution is -0.153. The van der Waals surface area contributed by atoms with Gasteiger partial charge >= 0.3 is 5.97 Å². The first kappa shape index (κ1) is 8.05. The monoisotopic (exact) mass is 169 g/mol. The molecule has 3 nitrogen and oxygen atoms in total. The SMILES string of the molecule is CCOC(=O)C12CCN(CC1)C2. The Balaban J connectivity index is 2.06. The molecule has 2 bridgehead atoms. The molecule has 2 rings (SSSR count). The minimum absolute atomic E-state index is 0.0324. The van der Waals surface area contributed by atoms with Gasteiger partial charge in [0.2, 0.25) is 0 Å². The van der Waals surface area contributed by atoms with Crippen molar-refractivity contribution in [2.75, 3.05) is 26.2 Å². The van der Waals surface area contributed by atoms with Gasteiger partial charge in [0.1, 0.15) is 0 Å². The van der Waals surface area contributed by atoms with Crippen molar-refractivity contribution >= 4 is 5.97 Å². The fraction of sp³-hybridized carbons (Fsp3) is 0.889. The van der Waals surface area contributed by atoms with Crippen molar-refractivity contribution in [3.63, 3.8) is 0 Å². The standard InChI is InChI=1S/C9H15NO2/c1-2-12-8(11)9-3-5-10(7-9)6-4-9/h2-7H2,1H3. The van der Waals surface area contributed by atoms with E-state index in [1.807, 2.05) is 6.92 Å². The predicted molar refractivity (Wildman–Crippen MR) is 44.7 cm³/mol. The zero-order chi connectivity index (χ0) is 8.60. The van der Waals surface area contributed by atoms with Crippen molar-refractivity contribution in [3.8, 4) is 0 Å². The summed E-state index contributed by atoms with van der Waals surface area (Å²) in [7, 11) is 0. The lowest BCUT2D eigenvalue weighted by Gasteiger charge is -2.22. The molecule has 2 aliphatic heterocycles. The molecule has 0 unspecified atom stereocenters. The van der Waals surface area contributed by atoms with Crippen LogP contribution in [0.5, 0.6) is 0 Å². The predicted octanol–water partition coefficient (Wildman–Crippen LogP) is 0.645. The minimum Gasteiger partial charge on any atom is -0.466 e. The van der Waals surface area contributed by atoms with E-state index in [1.54, 1.807) is 0 Å². The van der Waals surface area contributed by atoms with Crippen molar-refractivity contribution in [2.45, 2.75) is 19.8 Å². The fourth-order valence-corrected chi connectivity index (χ4v) is 2.28. The third-order valence-corrected chi connectivity index (χ3v) is 3.05. The molecule has 12 heavy (non-hydrogen) atoms. The van der Waals surface area contributed by atoms with Gasteiger partial charge in [-0.1, -0.05) is 0 Å². The Morgan fingerprint density at radius 3 is 2.58 bits per heavy atom. The van der Waals surface area contributed by atoms with Crippen molar-refractivity contribution in [3.05, 3.63) is 0 Å². The number of nitrogens with zero attached hydrogens (tertiary/aromatic N) is 1. The topological polar surface area (TPSA) is 29.5 Å². The Labute approximate surface area is 72.7 Å².